The number of hydrazine groups is 1. The summed E-state index contributed by atoms with van der Waals surface area (Å²) in [7, 11) is 0. The fraction of sp³-hybridized carbons (Fsp3) is 0.318. The number of amides is 3. The van der Waals surface area contributed by atoms with Crippen molar-refractivity contribution < 1.29 is 19.1 Å². The molecule has 3 amide bonds. The molecule has 152 valence electrons. The maximum atomic E-state index is 12.7. The van der Waals surface area contributed by atoms with Crippen LogP contribution in [0.3, 0.4) is 0 Å². The van der Waals surface area contributed by atoms with Gasteiger partial charge in [-0.25, -0.2) is 5.01 Å². The Bertz CT molecular complexity index is 837. The van der Waals surface area contributed by atoms with Crippen molar-refractivity contribution in [1.82, 2.24) is 10.0 Å². The van der Waals surface area contributed by atoms with Gasteiger partial charge >= 0.3 is 5.24 Å². The SMILES string of the molecule is CCSC(=O)N(CCCCOCc1ccccc1)N1C(=O)c2ccccc2C1=O. The Hall–Kier alpha value is -2.64. The summed E-state index contributed by atoms with van der Waals surface area (Å²) in [5, 5.41) is 1.96. The largest absolute Gasteiger partial charge is 0.377 e. The van der Waals surface area contributed by atoms with Crippen molar-refractivity contribution in [2.75, 3.05) is 18.9 Å². The monoisotopic (exact) mass is 412 g/mol. The summed E-state index contributed by atoms with van der Waals surface area (Å²) >= 11 is 1.08. The topological polar surface area (TPSA) is 66.9 Å². The summed E-state index contributed by atoms with van der Waals surface area (Å²) in [5.74, 6) is -0.328. The molecule has 1 heterocycles. The lowest BCUT2D eigenvalue weighted by atomic mass is 10.1. The number of nitrogens with zero attached hydrogens (tertiary/aromatic N) is 2. The minimum Gasteiger partial charge on any atom is -0.377 e. The van der Waals surface area contributed by atoms with Gasteiger partial charge in [0.25, 0.3) is 11.8 Å². The molecule has 0 spiro atoms. The predicted octanol–water partition coefficient (Wildman–Crippen LogP) is 4.37. The molecule has 0 atom stereocenters. The highest BCUT2D eigenvalue weighted by molar-refractivity contribution is 8.13. The zero-order valence-corrected chi connectivity index (χ0v) is 17.2. The van der Waals surface area contributed by atoms with Gasteiger partial charge in [-0.15, -0.1) is 0 Å². The Morgan fingerprint density at radius 3 is 2.21 bits per heavy atom. The summed E-state index contributed by atoms with van der Waals surface area (Å²) in [6, 6.07) is 16.6. The van der Waals surface area contributed by atoms with Crippen molar-refractivity contribution in [1.29, 1.82) is 0 Å². The van der Waals surface area contributed by atoms with Gasteiger partial charge in [0, 0.05) is 13.2 Å². The first-order valence-corrected chi connectivity index (χ1v) is 10.7. The number of hydrogen-bond acceptors (Lipinski definition) is 5. The van der Waals surface area contributed by atoms with Gasteiger partial charge in [0.1, 0.15) is 0 Å². The Morgan fingerprint density at radius 2 is 1.59 bits per heavy atom. The summed E-state index contributed by atoms with van der Waals surface area (Å²) < 4.78 is 5.67. The van der Waals surface area contributed by atoms with Crippen LogP contribution in [0.2, 0.25) is 0 Å². The van der Waals surface area contributed by atoms with E-state index in [4.69, 9.17) is 4.74 Å². The molecule has 0 unspecified atom stereocenters. The lowest BCUT2D eigenvalue weighted by Crippen LogP contribution is -2.48. The van der Waals surface area contributed by atoms with Crippen LogP contribution in [-0.2, 0) is 11.3 Å². The summed E-state index contributed by atoms with van der Waals surface area (Å²) in [5.41, 5.74) is 1.78. The van der Waals surface area contributed by atoms with Gasteiger partial charge < -0.3 is 4.74 Å². The molecule has 6 nitrogen and oxygen atoms in total. The molecule has 1 aliphatic heterocycles. The van der Waals surface area contributed by atoms with E-state index in [1.54, 1.807) is 24.3 Å². The third-order valence-electron chi connectivity index (χ3n) is 4.51. The van der Waals surface area contributed by atoms with Crippen LogP contribution < -0.4 is 0 Å². The van der Waals surface area contributed by atoms with Crippen molar-refractivity contribution in [3.63, 3.8) is 0 Å². The predicted molar refractivity (Wildman–Crippen MR) is 113 cm³/mol. The quantitative estimate of drug-likeness (QED) is 0.452. The number of carbonyl (C=O) groups excluding carboxylic acids is 3. The first-order valence-electron chi connectivity index (χ1n) is 9.67. The van der Waals surface area contributed by atoms with E-state index in [0.717, 1.165) is 28.8 Å². The molecule has 0 aromatic heterocycles. The van der Waals surface area contributed by atoms with Crippen LogP contribution in [0.25, 0.3) is 0 Å². The maximum absolute atomic E-state index is 12.7. The normalized spacial score (nSPS) is 12.9. The second kappa shape index (κ2) is 10.2. The zero-order chi connectivity index (χ0) is 20.6. The molecular formula is C22H24N2O4S. The molecule has 0 saturated carbocycles. The molecule has 29 heavy (non-hydrogen) atoms. The molecule has 0 fully saturated rings. The molecule has 1 aliphatic rings. The van der Waals surface area contributed by atoms with Crippen LogP contribution in [0.4, 0.5) is 4.79 Å². The minimum absolute atomic E-state index is 0.284. The maximum Gasteiger partial charge on any atom is 0.300 e. The second-order valence-electron chi connectivity index (χ2n) is 6.54. The van der Waals surface area contributed by atoms with E-state index in [1.165, 1.54) is 5.01 Å². The number of thioether (sulfide) groups is 1. The smallest absolute Gasteiger partial charge is 0.300 e. The Kier molecular flexibility index (Phi) is 7.43. The van der Waals surface area contributed by atoms with Crippen LogP contribution in [0.5, 0.6) is 0 Å². The van der Waals surface area contributed by atoms with Crippen molar-refractivity contribution >= 4 is 28.8 Å². The number of carbonyl (C=O) groups is 3. The van der Waals surface area contributed by atoms with Crippen LogP contribution in [-0.4, -0.2) is 46.0 Å². The number of imide groups is 1. The van der Waals surface area contributed by atoms with Crippen LogP contribution in [0.1, 0.15) is 46.0 Å². The molecule has 0 saturated heterocycles. The molecule has 7 heteroatoms. The summed E-state index contributed by atoms with van der Waals surface area (Å²) in [6.07, 6.45) is 1.34. The first kappa shape index (κ1) is 21.1. The molecule has 0 aliphatic carbocycles. The fourth-order valence-corrected chi connectivity index (χ4v) is 3.67. The van der Waals surface area contributed by atoms with Gasteiger partial charge in [0.15, 0.2) is 0 Å². The standard InChI is InChI=1S/C22H24N2O4S/c1-2-29-22(27)23(14-8-9-15-28-16-17-10-4-3-5-11-17)24-20(25)18-12-6-7-13-19(18)21(24)26/h3-7,10-13H,2,8-9,14-16H2,1H3. The zero-order valence-electron chi connectivity index (χ0n) is 16.4. The number of hydrogen-bond donors (Lipinski definition) is 0. The van der Waals surface area contributed by atoms with E-state index in [0.29, 0.717) is 36.5 Å². The molecule has 0 radical (unpaired) electrons. The molecule has 0 bridgehead atoms. The average Bonchev–Trinajstić information content (AvgIpc) is 2.99. The van der Waals surface area contributed by atoms with Gasteiger partial charge in [0.2, 0.25) is 0 Å². The Labute approximate surface area is 174 Å². The van der Waals surface area contributed by atoms with Crippen molar-refractivity contribution in [2.45, 2.75) is 26.4 Å². The highest BCUT2D eigenvalue weighted by Gasteiger charge is 2.40. The lowest BCUT2D eigenvalue weighted by Gasteiger charge is -2.29. The minimum atomic E-state index is -0.448. The van der Waals surface area contributed by atoms with E-state index >= 15 is 0 Å². The average molecular weight is 413 g/mol. The van der Waals surface area contributed by atoms with E-state index in [2.05, 4.69) is 0 Å². The van der Waals surface area contributed by atoms with E-state index in [1.807, 2.05) is 37.3 Å². The highest BCUT2D eigenvalue weighted by atomic mass is 32.2. The highest BCUT2D eigenvalue weighted by Crippen LogP contribution is 2.26. The molecule has 0 N–H and O–H groups in total. The van der Waals surface area contributed by atoms with Crippen LogP contribution in [0, 0.1) is 0 Å². The number of benzene rings is 2. The van der Waals surface area contributed by atoms with Gasteiger partial charge in [-0.2, -0.15) is 5.01 Å². The first-order chi connectivity index (χ1) is 14.1. The van der Waals surface area contributed by atoms with E-state index < -0.39 is 11.8 Å². The van der Waals surface area contributed by atoms with Crippen LogP contribution >= 0.6 is 11.8 Å². The summed E-state index contributed by atoms with van der Waals surface area (Å²) in [6.45, 7) is 3.22. The van der Waals surface area contributed by atoms with Gasteiger partial charge in [-0.3, -0.25) is 14.4 Å². The molecule has 3 rings (SSSR count). The Morgan fingerprint density at radius 1 is 0.966 bits per heavy atom. The van der Waals surface area contributed by atoms with E-state index in [-0.39, 0.29) is 11.8 Å². The third kappa shape index (κ3) is 5.05. The van der Waals surface area contributed by atoms with Crippen molar-refractivity contribution in [2.24, 2.45) is 0 Å². The second-order valence-corrected chi connectivity index (χ2v) is 7.75. The number of fused-ring (bicyclic) bond motifs is 1. The van der Waals surface area contributed by atoms with Gasteiger partial charge in [-0.1, -0.05) is 61.2 Å². The molecule has 2 aromatic carbocycles. The third-order valence-corrected chi connectivity index (χ3v) is 5.26. The number of rotatable bonds is 9. The van der Waals surface area contributed by atoms with Gasteiger partial charge in [-0.05, 0) is 36.3 Å². The molecule has 2 aromatic rings. The molecular weight excluding hydrogens is 388 g/mol. The lowest BCUT2D eigenvalue weighted by molar-refractivity contribution is 0.0215. The number of ether oxygens (including phenoxy) is 1. The number of unbranched alkanes of at least 4 members (excludes halogenated alkanes) is 1. The van der Waals surface area contributed by atoms with Crippen molar-refractivity contribution in [3.8, 4) is 0 Å². The summed E-state index contributed by atoms with van der Waals surface area (Å²) in [4.78, 5) is 38.0. The van der Waals surface area contributed by atoms with Crippen LogP contribution in [0.15, 0.2) is 54.6 Å². The van der Waals surface area contributed by atoms with E-state index in [9.17, 15) is 14.4 Å². The Balaban J connectivity index is 1.56. The van der Waals surface area contributed by atoms with Crippen molar-refractivity contribution in [3.05, 3.63) is 71.3 Å². The van der Waals surface area contributed by atoms with Gasteiger partial charge in [0.05, 0.1) is 17.7 Å². The fourth-order valence-electron chi connectivity index (χ4n) is 3.10.